The van der Waals surface area contributed by atoms with E-state index in [1.54, 1.807) is 46.1 Å². The average molecular weight is 988 g/mol. The van der Waals surface area contributed by atoms with Crippen LogP contribution in [0.2, 0.25) is 18.1 Å². The lowest BCUT2D eigenvalue weighted by molar-refractivity contribution is 0.0498. The molecule has 1 aliphatic rings. The van der Waals surface area contributed by atoms with E-state index in [1.165, 1.54) is 15.2 Å². The molecular weight excluding hydrogens is 923 g/mol. The molecule has 0 saturated carbocycles. The molecule has 68 heavy (non-hydrogen) atoms. The van der Waals surface area contributed by atoms with Crippen molar-refractivity contribution in [3.63, 3.8) is 0 Å². The molecule has 1 aliphatic heterocycles. The van der Waals surface area contributed by atoms with Crippen LogP contribution in [-0.2, 0) is 48.8 Å². The Balaban J connectivity index is 1.54. The number of tetrazole rings is 1. The number of alkyl carbamates (subject to hydrolysis) is 1. The van der Waals surface area contributed by atoms with Gasteiger partial charge in [0.25, 0.3) is 0 Å². The number of rotatable bonds is 20. The van der Waals surface area contributed by atoms with E-state index >= 15 is 16.8 Å². The summed E-state index contributed by atoms with van der Waals surface area (Å²) in [6.45, 7) is 15.9. The van der Waals surface area contributed by atoms with E-state index in [0.717, 1.165) is 11.1 Å². The molecule has 5 aromatic rings. The van der Waals surface area contributed by atoms with Gasteiger partial charge in [0.05, 0.1) is 25.3 Å². The summed E-state index contributed by atoms with van der Waals surface area (Å²) in [5.41, 5.74) is 8.71. The Morgan fingerprint density at radius 1 is 0.853 bits per heavy atom. The highest BCUT2D eigenvalue weighted by molar-refractivity contribution is 7.92. The first-order chi connectivity index (χ1) is 32.0. The molecular formula is C48H65N9O8S2Si. The summed E-state index contributed by atoms with van der Waals surface area (Å²) >= 11 is 0. The highest BCUT2D eigenvalue weighted by atomic mass is 32.2. The van der Waals surface area contributed by atoms with Gasteiger partial charge in [0.2, 0.25) is 25.9 Å². The van der Waals surface area contributed by atoms with Gasteiger partial charge in [0.15, 0.2) is 8.32 Å². The molecule has 17 nitrogen and oxygen atoms in total. The maximum Gasteiger partial charge on any atom is 0.407 e. The number of nitrogens with zero attached hydrogens (tertiary/aromatic N) is 6. The van der Waals surface area contributed by atoms with E-state index < -0.39 is 56.0 Å². The molecule has 0 radical (unpaired) electrons. The summed E-state index contributed by atoms with van der Waals surface area (Å²) < 4.78 is 83.8. The fourth-order valence-electron chi connectivity index (χ4n) is 7.22. The van der Waals surface area contributed by atoms with Crippen molar-refractivity contribution in [3.8, 4) is 17.1 Å². The molecule has 0 spiro atoms. The number of sulfonamides is 2. The molecule has 0 aliphatic carbocycles. The molecule has 0 saturated heterocycles. The number of nitrogens with one attached hydrogen (secondary N) is 2. The lowest BCUT2D eigenvalue weighted by atomic mass is 10.1. The van der Waals surface area contributed by atoms with E-state index in [2.05, 4.69) is 20.4 Å². The molecule has 0 bridgehead atoms. The van der Waals surface area contributed by atoms with Gasteiger partial charge in [0.1, 0.15) is 21.1 Å². The number of anilines is 1. The summed E-state index contributed by atoms with van der Waals surface area (Å²) in [5, 5.41) is 16.0. The number of amides is 1. The Hall–Kier alpha value is -5.48. The molecule has 1 aromatic heterocycles. The second-order valence-electron chi connectivity index (χ2n) is 19.2. The topological polar surface area (TPSA) is 213 Å². The lowest BCUT2D eigenvalue weighted by Crippen LogP contribution is -2.51. The summed E-state index contributed by atoms with van der Waals surface area (Å²) in [4.78, 5) is 15.1. The van der Waals surface area contributed by atoms with Crippen LogP contribution >= 0.6 is 0 Å². The first-order valence-corrected chi connectivity index (χ1v) is 28.3. The van der Waals surface area contributed by atoms with Crippen molar-refractivity contribution in [2.45, 2.75) is 101 Å². The summed E-state index contributed by atoms with van der Waals surface area (Å²) in [7, 11) is -10.6. The molecule has 366 valence electrons. The van der Waals surface area contributed by atoms with Gasteiger partial charge in [-0.2, -0.15) is 9.10 Å². The number of benzene rings is 4. The Morgan fingerprint density at radius 2 is 1.47 bits per heavy atom. The van der Waals surface area contributed by atoms with Crippen LogP contribution in [-0.4, -0.2) is 107 Å². The van der Waals surface area contributed by atoms with Crippen LogP contribution in [0.15, 0.2) is 119 Å². The van der Waals surface area contributed by atoms with E-state index in [-0.39, 0.29) is 55.7 Å². The zero-order chi connectivity index (χ0) is 49.5. The van der Waals surface area contributed by atoms with Crippen molar-refractivity contribution in [1.82, 2.24) is 34.6 Å². The maximum absolute atomic E-state index is 16.0. The standard InChI is InChI=1S/C48H65N9O8S2Si/c1-47(2,3)64-46(58)50-29-40(65-68(8,9)48(4,5)6)30-51-66(59,60)42-25-24-41(55-27-26-38(28-49)31-55)43(45-52-54-57(53-45)34-37-20-22-39(63-7)23-21-37)44(42)67(61,62)56(32-35-16-12-10-13-17-35)33-36-18-14-11-15-19-36/h10-26,40,51H,27-34,49H2,1-9H3,(H,50,58)/t40-/m1/s1. The Morgan fingerprint density at radius 3 is 2.01 bits per heavy atom. The van der Waals surface area contributed by atoms with Gasteiger partial charge in [-0.3, -0.25) is 0 Å². The first-order valence-electron chi connectivity index (χ1n) is 22.4. The molecule has 0 fully saturated rings. The largest absolute Gasteiger partial charge is 0.497 e. The first kappa shape index (κ1) is 51.9. The van der Waals surface area contributed by atoms with Crippen molar-refractivity contribution < 1.29 is 35.5 Å². The average Bonchev–Trinajstić information content (AvgIpc) is 3.97. The quantitative estimate of drug-likeness (QED) is 0.0549. The predicted molar refractivity (Wildman–Crippen MR) is 266 cm³/mol. The van der Waals surface area contributed by atoms with Crippen molar-refractivity contribution in [3.05, 3.63) is 125 Å². The summed E-state index contributed by atoms with van der Waals surface area (Å²) in [5.74, 6) is 0.557. The normalized spacial score (nSPS) is 14.2. The smallest absolute Gasteiger partial charge is 0.407 e. The van der Waals surface area contributed by atoms with Gasteiger partial charge in [-0.05, 0) is 90.6 Å². The third kappa shape index (κ3) is 13.2. The molecule has 1 amide bonds. The maximum atomic E-state index is 16.0. The van der Waals surface area contributed by atoms with Crippen LogP contribution in [0, 0.1) is 0 Å². The van der Waals surface area contributed by atoms with Crippen molar-refractivity contribution in [2.75, 3.05) is 44.7 Å². The Labute approximate surface area is 402 Å². The fraction of sp³-hybridized carbons (Fsp3) is 0.417. The van der Waals surface area contributed by atoms with Crippen LogP contribution in [0.25, 0.3) is 11.4 Å². The van der Waals surface area contributed by atoms with Crippen LogP contribution in [0.1, 0.15) is 58.2 Å². The van der Waals surface area contributed by atoms with Gasteiger partial charge in [-0.15, -0.1) is 10.2 Å². The molecule has 4 N–H and O–H groups in total. The number of nitrogens with two attached hydrogens (primary N) is 1. The van der Waals surface area contributed by atoms with Crippen LogP contribution < -0.4 is 25.4 Å². The van der Waals surface area contributed by atoms with Gasteiger partial charge in [0, 0.05) is 51.5 Å². The van der Waals surface area contributed by atoms with Gasteiger partial charge >= 0.3 is 6.09 Å². The van der Waals surface area contributed by atoms with Gasteiger partial charge in [-0.1, -0.05) is 99.6 Å². The lowest BCUT2D eigenvalue weighted by Gasteiger charge is -2.39. The molecule has 4 aromatic carbocycles. The Bertz CT molecular complexity index is 2720. The number of methoxy groups -OCH3 is 1. The minimum atomic E-state index is -4.83. The van der Waals surface area contributed by atoms with E-state index in [0.29, 0.717) is 35.7 Å². The van der Waals surface area contributed by atoms with E-state index in [4.69, 9.17) is 24.7 Å². The fourth-order valence-corrected chi connectivity index (χ4v) is 12.0. The van der Waals surface area contributed by atoms with Crippen LogP contribution in [0.4, 0.5) is 10.5 Å². The zero-order valence-electron chi connectivity index (χ0n) is 40.4. The minimum absolute atomic E-state index is 0.0488. The van der Waals surface area contributed by atoms with Crippen molar-refractivity contribution in [2.24, 2.45) is 5.73 Å². The second-order valence-corrected chi connectivity index (χ2v) is 27.6. The highest BCUT2D eigenvalue weighted by Gasteiger charge is 2.41. The molecule has 1 atom stereocenters. The third-order valence-corrected chi connectivity index (χ3v) is 19.8. The number of aromatic nitrogens is 4. The van der Waals surface area contributed by atoms with E-state index in [9.17, 15) is 4.79 Å². The SMILES string of the molecule is COc1ccc(Cn2nnc(-c3c(N4CC=C(CN)C4)ccc(S(=O)(=O)NC[C@@H](CNC(=O)OC(C)(C)C)O[Si](C)(C)C(C)(C)C)c3S(=O)(=O)N(Cc3ccccc3)Cc3ccccc3)n2)cc1. The van der Waals surface area contributed by atoms with Crippen molar-refractivity contribution >= 4 is 40.1 Å². The highest BCUT2D eigenvalue weighted by Crippen LogP contribution is 2.42. The zero-order valence-corrected chi connectivity index (χ0v) is 43.0. The van der Waals surface area contributed by atoms with Crippen LogP contribution in [0.3, 0.4) is 0 Å². The van der Waals surface area contributed by atoms with Gasteiger partial charge < -0.3 is 29.9 Å². The monoisotopic (exact) mass is 987 g/mol. The molecule has 2 heterocycles. The van der Waals surface area contributed by atoms with Crippen LogP contribution in [0.5, 0.6) is 5.75 Å². The molecule has 20 heteroatoms. The number of hydrogen-bond donors (Lipinski definition) is 3. The van der Waals surface area contributed by atoms with E-state index in [1.807, 2.05) is 118 Å². The molecule has 6 rings (SSSR count). The third-order valence-electron chi connectivity index (χ3n) is 11.8. The second kappa shape index (κ2) is 21.4. The number of hydrogen-bond acceptors (Lipinski definition) is 13. The number of ether oxygens (including phenoxy) is 2. The number of carbonyl (C=O) groups is 1. The minimum Gasteiger partial charge on any atom is -0.497 e. The summed E-state index contributed by atoms with van der Waals surface area (Å²) in [6, 6.07) is 28.4. The van der Waals surface area contributed by atoms with Gasteiger partial charge in [-0.25, -0.2) is 26.4 Å². The Kier molecular flexibility index (Phi) is 16.4. The predicted octanol–water partition coefficient (Wildman–Crippen LogP) is 6.69. The number of carbonyl (C=O) groups excluding carboxylic acids is 1. The van der Waals surface area contributed by atoms with Crippen molar-refractivity contribution in [1.29, 1.82) is 0 Å². The summed E-state index contributed by atoms with van der Waals surface area (Å²) in [6.07, 6.45) is 0.384. The molecule has 0 unspecified atom stereocenters.